The second-order valence-electron chi connectivity index (χ2n) is 3.24. The van der Waals surface area contributed by atoms with Crippen LogP contribution >= 0.6 is 0 Å². The molecule has 0 aromatic carbocycles. The molecular formula is C8H16FN. The van der Waals surface area contributed by atoms with Gasteiger partial charge in [-0.1, -0.05) is 6.92 Å². The first-order valence-corrected chi connectivity index (χ1v) is 4.10. The number of alkyl halides is 1. The Hall–Kier alpha value is -0.110. The summed E-state index contributed by atoms with van der Waals surface area (Å²) in [7, 11) is 0. The zero-order valence-corrected chi connectivity index (χ0v) is 6.62. The summed E-state index contributed by atoms with van der Waals surface area (Å²) in [5, 5.41) is 3.24. The van der Waals surface area contributed by atoms with E-state index in [1.165, 1.54) is 0 Å². The molecule has 1 heterocycles. The molecule has 0 amide bonds. The maximum atomic E-state index is 12.5. The minimum absolute atomic E-state index is 0.0330. The fourth-order valence-electron chi connectivity index (χ4n) is 1.54. The molecule has 0 radical (unpaired) electrons. The molecule has 60 valence electrons. The van der Waals surface area contributed by atoms with Crippen LogP contribution in [-0.4, -0.2) is 19.8 Å². The van der Waals surface area contributed by atoms with Crippen LogP contribution in [0.25, 0.3) is 0 Å². The van der Waals surface area contributed by atoms with Crippen molar-refractivity contribution in [2.24, 2.45) is 5.41 Å². The van der Waals surface area contributed by atoms with Gasteiger partial charge < -0.3 is 5.32 Å². The van der Waals surface area contributed by atoms with Crippen LogP contribution in [0, 0.1) is 5.41 Å². The van der Waals surface area contributed by atoms with Gasteiger partial charge in [-0.2, -0.15) is 0 Å². The van der Waals surface area contributed by atoms with E-state index < -0.39 is 0 Å². The number of nitrogens with one attached hydrogen (secondary N) is 1. The van der Waals surface area contributed by atoms with E-state index in [1.54, 1.807) is 0 Å². The van der Waals surface area contributed by atoms with Gasteiger partial charge in [0.05, 0.1) is 6.67 Å². The average molecular weight is 145 g/mol. The minimum atomic E-state index is -0.134. The third-order valence-corrected chi connectivity index (χ3v) is 2.70. The van der Waals surface area contributed by atoms with E-state index in [-0.39, 0.29) is 12.1 Å². The number of piperidine rings is 1. The molecule has 1 rings (SSSR count). The first-order valence-electron chi connectivity index (χ1n) is 4.10. The first kappa shape index (κ1) is 7.99. The lowest BCUT2D eigenvalue weighted by atomic mass is 9.78. The molecule has 1 aliphatic heterocycles. The quantitative estimate of drug-likeness (QED) is 0.624. The number of rotatable bonds is 2. The SMILES string of the molecule is CCC1(CF)CCNCC1. The third kappa shape index (κ3) is 1.48. The van der Waals surface area contributed by atoms with E-state index >= 15 is 0 Å². The summed E-state index contributed by atoms with van der Waals surface area (Å²) in [5.74, 6) is 0. The summed E-state index contributed by atoms with van der Waals surface area (Å²) in [4.78, 5) is 0. The lowest BCUT2D eigenvalue weighted by Gasteiger charge is -2.33. The second kappa shape index (κ2) is 3.33. The van der Waals surface area contributed by atoms with Crippen LogP contribution in [0.2, 0.25) is 0 Å². The van der Waals surface area contributed by atoms with Crippen LogP contribution < -0.4 is 5.32 Å². The van der Waals surface area contributed by atoms with Gasteiger partial charge in [0.25, 0.3) is 0 Å². The monoisotopic (exact) mass is 145 g/mol. The number of halogens is 1. The Morgan fingerprint density at radius 3 is 2.30 bits per heavy atom. The van der Waals surface area contributed by atoms with Crippen LogP contribution in [0.15, 0.2) is 0 Å². The summed E-state index contributed by atoms with van der Waals surface area (Å²) >= 11 is 0. The van der Waals surface area contributed by atoms with E-state index in [4.69, 9.17) is 0 Å². The van der Waals surface area contributed by atoms with Crippen LogP contribution in [0.4, 0.5) is 4.39 Å². The van der Waals surface area contributed by atoms with Crippen molar-refractivity contribution >= 4 is 0 Å². The van der Waals surface area contributed by atoms with Crippen molar-refractivity contribution in [1.82, 2.24) is 5.32 Å². The lowest BCUT2D eigenvalue weighted by Crippen LogP contribution is -2.37. The molecule has 0 unspecified atom stereocenters. The van der Waals surface area contributed by atoms with Gasteiger partial charge in [0.15, 0.2) is 0 Å². The molecule has 0 aromatic heterocycles. The molecule has 0 aromatic rings. The van der Waals surface area contributed by atoms with Crippen molar-refractivity contribution in [2.45, 2.75) is 26.2 Å². The van der Waals surface area contributed by atoms with Gasteiger partial charge in [0.1, 0.15) is 0 Å². The molecule has 0 bridgehead atoms. The number of hydrogen-bond acceptors (Lipinski definition) is 1. The molecule has 0 saturated carbocycles. The Balaban J connectivity index is 2.44. The molecule has 0 spiro atoms. The fourth-order valence-corrected chi connectivity index (χ4v) is 1.54. The van der Waals surface area contributed by atoms with Gasteiger partial charge >= 0.3 is 0 Å². The van der Waals surface area contributed by atoms with Crippen molar-refractivity contribution in [3.8, 4) is 0 Å². The summed E-state index contributed by atoms with van der Waals surface area (Å²) in [6, 6.07) is 0. The molecule has 1 fully saturated rings. The highest BCUT2D eigenvalue weighted by Gasteiger charge is 2.29. The highest BCUT2D eigenvalue weighted by molar-refractivity contribution is 4.82. The molecular weight excluding hydrogens is 129 g/mol. The van der Waals surface area contributed by atoms with Crippen molar-refractivity contribution < 1.29 is 4.39 Å². The molecule has 1 nitrogen and oxygen atoms in total. The van der Waals surface area contributed by atoms with Crippen molar-refractivity contribution in [3.05, 3.63) is 0 Å². The molecule has 10 heavy (non-hydrogen) atoms. The summed E-state index contributed by atoms with van der Waals surface area (Å²) in [6.07, 6.45) is 3.02. The average Bonchev–Trinajstić information content (AvgIpc) is 2.06. The van der Waals surface area contributed by atoms with Crippen LogP contribution in [-0.2, 0) is 0 Å². The normalized spacial score (nSPS) is 24.6. The van der Waals surface area contributed by atoms with Gasteiger partial charge in [-0.3, -0.25) is 4.39 Å². The summed E-state index contributed by atoms with van der Waals surface area (Å²) in [5.41, 5.74) is 0.0330. The molecule has 1 N–H and O–H groups in total. The van der Waals surface area contributed by atoms with Gasteiger partial charge in [0, 0.05) is 5.41 Å². The molecule has 0 aliphatic carbocycles. The van der Waals surface area contributed by atoms with Gasteiger partial charge in [0.2, 0.25) is 0 Å². The lowest BCUT2D eigenvalue weighted by molar-refractivity contribution is 0.142. The van der Waals surface area contributed by atoms with E-state index in [0.29, 0.717) is 0 Å². The van der Waals surface area contributed by atoms with E-state index in [1.807, 2.05) is 0 Å². The highest BCUT2D eigenvalue weighted by Crippen LogP contribution is 2.32. The van der Waals surface area contributed by atoms with E-state index in [2.05, 4.69) is 12.2 Å². The summed E-state index contributed by atoms with van der Waals surface area (Å²) < 4.78 is 12.5. The second-order valence-corrected chi connectivity index (χ2v) is 3.24. The first-order chi connectivity index (χ1) is 4.83. The van der Waals surface area contributed by atoms with Crippen LogP contribution in [0.5, 0.6) is 0 Å². The maximum Gasteiger partial charge on any atom is 0.0951 e. The maximum absolute atomic E-state index is 12.5. The minimum Gasteiger partial charge on any atom is -0.317 e. The zero-order valence-electron chi connectivity index (χ0n) is 6.62. The smallest absolute Gasteiger partial charge is 0.0951 e. The van der Waals surface area contributed by atoms with E-state index in [9.17, 15) is 4.39 Å². The fraction of sp³-hybridized carbons (Fsp3) is 1.00. The van der Waals surface area contributed by atoms with Crippen LogP contribution in [0.3, 0.4) is 0 Å². The van der Waals surface area contributed by atoms with Crippen molar-refractivity contribution in [1.29, 1.82) is 0 Å². The standard InChI is InChI=1S/C8H16FN/c1-2-8(7-9)3-5-10-6-4-8/h10H,2-7H2,1H3. The van der Waals surface area contributed by atoms with Gasteiger partial charge in [-0.25, -0.2) is 0 Å². The summed E-state index contributed by atoms with van der Waals surface area (Å²) in [6.45, 7) is 3.95. The topological polar surface area (TPSA) is 12.0 Å². The molecule has 1 saturated heterocycles. The Labute approximate surface area is 62.0 Å². The predicted octanol–water partition coefficient (Wildman–Crippen LogP) is 1.74. The predicted molar refractivity (Wildman–Crippen MR) is 40.8 cm³/mol. The van der Waals surface area contributed by atoms with Gasteiger partial charge in [-0.15, -0.1) is 0 Å². The van der Waals surface area contributed by atoms with Gasteiger partial charge in [-0.05, 0) is 32.4 Å². The van der Waals surface area contributed by atoms with E-state index in [0.717, 1.165) is 32.4 Å². The molecule has 1 aliphatic rings. The van der Waals surface area contributed by atoms with Crippen LogP contribution in [0.1, 0.15) is 26.2 Å². The zero-order chi connectivity index (χ0) is 7.45. The molecule has 2 heteroatoms. The van der Waals surface area contributed by atoms with Crippen molar-refractivity contribution in [3.63, 3.8) is 0 Å². The number of hydrogen-bond donors (Lipinski definition) is 1. The molecule has 0 atom stereocenters. The highest BCUT2D eigenvalue weighted by atomic mass is 19.1. The Morgan fingerprint density at radius 2 is 2.00 bits per heavy atom. The third-order valence-electron chi connectivity index (χ3n) is 2.70. The Bertz CT molecular complexity index is 91.4. The largest absolute Gasteiger partial charge is 0.317 e. The Kier molecular flexibility index (Phi) is 2.66. The van der Waals surface area contributed by atoms with Crippen molar-refractivity contribution in [2.75, 3.05) is 19.8 Å². The Morgan fingerprint density at radius 1 is 1.40 bits per heavy atom.